The van der Waals surface area contributed by atoms with E-state index in [0.717, 1.165) is 25.6 Å². The molecule has 26 heavy (non-hydrogen) atoms. The standard InChI is InChI=1S/C21H30N4S/c1-17-6-3-7-18(12-17)13-23-21(22-2)24-14-19-8-4-10-25(15-19)16-20-9-5-11-26-20/h3,5-7,9,11-12,19H,4,8,10,13-16H2,1-2H3,(H2,22,23,24). The van der Waals surface area contributed by atoms with Crippen LogP contribution in [0.3, 0.4) is 0 Å². The smallest absolute Gasteiger partial charge is 0.191 e. The molecule has 0 aliphatic carbocycles. The summed E-state index contributed by atoms with van der Waals surface area (Å²) in [7, 11) is 1.84. The highest BCUT2D eigenvalue weighted by atomic mass is 32.1. The largest absolute Gasteiger partial charge is 0.356 e. The number of aryl methyl sites for hydroxylation is 1. The fraction of sp³-hybridized carbons (Fsp3) is 0.476. The molecule has 1 saturated heterocycles. The van der Waals surface area contributed by atoms with Crippen molar-refractivity contribution in [2.45, 2.75) is 32.9 Å². The van der Waals surface area contributed by atoms with E-state index in [1.54, 1.807) is 0 Å². The van der Waals surface area contributed by atoms with Crippen molar-refractivity contribution in [2.75, 3.05) is 26.7 Å². The van der Waals surface area contributed by atoms with Crippen LogP contribution in [0.4, 0.5) is 0 Å². The SMILES string of the molecule is CN=C(NCc1cccc(C)c1)NCC1CCCN(Cc2cccs2)C1. The number of aliphatic imine (C=N–C) groups is 1. The van der Waals surface area contributed by atoms with Crippen molar-refractivity contribution in [3.63, 3.8) is 0 Å². The lowest BCUT2D eigenvalue weighted by atomic mass is 9.98. The summed E-state index contributed by atoms with van der Waals surface area (Å²) >= 11 is 1.86. The number of rotatable bonds is 6. The molecule has 4 nitrogen and oxygen atoms in total. The predicted molar refractivity (Wildman–Crippen MR) is 112 cm³/mol. The van der Waals surface area contributed by atoms with E-state index in [1.165, 1.54) is 41.9 Å². The zero-order chi connectivity index (χ0) is 18.2. The summed E-state index contributed by atoms with van der Waals surface area (Å²) in [5, 5.41) is 9.11. The minimum absolute atomic E-state index is 0.682. The van der Waals surface area contributed by atoms with E-state index in [1.807, 2.05) is 18.4 Å². The Bertz CT molecular complexity index is 696. The van der Waals surface area contributed by atoms with Gasteiger partial charge in [0, 0.05) is 38.1 Å². The van der Waals surface area contributed by atoms with Gasteiger partial charge in [-0.3, -0.25) is 9.89 Å². The lowest BCUT2D eigenvalue weighted by Crippen LogP contribution is -2.44. The molecule has 3 rings (SSSR count). The lowest BCUT2D eigenvalue weighted by Gasteiger charge is -2.32. The average molecular weight is 371 g/mol. The molecule has 0 saturated carbocycles. The van der Waals surface area contributed by atoms with Crippen LogP contribution in [0.25, 0.3) is 0 Å². The highest BCUT2D eigenvalue weighted by Gasteiger charge is 2.20. The second-order valence-corrected chi connectivity index (χ2v) is 8.15. The van der Waals surface area contributed by atoms with E-state index in [-0.39, 0.29) is 0 Å². The quantitative estimate of drug-likeness (QED) is 0.602. The van der Waals surface area contributed by atoms with Crippen LogP contribution in [0.2, 0.25) is 0 Å². The van der Waals surface area contributed by atoms with Gasteiger partial charge in [-0.1, -0.05) is 35.9 Å². The number of hydrogen-bond donors (Lipinski definition) is 2. The van der Waals surface area contributed by atoms with Gasteiger partial charge in [-0.15, -0.1) is 11.3 Å². The van der Waals surface area contributed by atoms with Crippen molar-refractivity contribution in [3.05, 3.63) is 57.8 Å². The van der Waals surface area contributed by atoms with Gasteiger partial charge in [0.15, 0.2) is 5.96 Å². The minimum Gasteiger partial charge on any atom is -0.356 e. The zero-order valence-corrected chi connectivity index (χ0v) is 16.7. The summed E-state index contributed by atoms with van der Waals surface area (Å²) in [6.07, 6.45) is 2.58. The molecular formula is C21H30N4S. The van der Waals surface area contributed by atoms with Crippen LogP contribution in [-0.4, -0.2) is 37.5 Å². The van der Waals surface area contributed by atoms with Gasteiger partial charge in [0.05, 0.1) is 0 Å². The Morgan fingerprint density at radius 1 is 1.27 bits per heavy atom. The summed E-state index contributed by atoms with van der Waals surface area (Å²) in [5.41, 5.74) is 2.58. The van der Waals surface area contributed by atoms with Crippen LogP contribution in [0.5, 0.6) is 0 Å². The van der Waals surface area contributed by atoms with Crippen LogP contribution < -0.4 is 10.6 Å². The first kappa shape index (κ1) is 18.9. The number of nitrogens with zero attached hydrogens (tertiary/aromatic N) is 2. The van der Waals surface area contributed by atoms with Gasteiger partial charge >= 0.3 is 0 Å². The Labute approximate surface area is 161 Å². The number of hydrogen-bond acceptors (Lipinski definition) is 3. The second kappa shape index (κ2) is 9.74. The van der Waals surface area contributed by atoms with E-state index in [0.29, 0.717) is 5.92 Å². The van der Waals surface area contributed by atoms with Crippen LogP contribution in [0.15, 0.2) is 46.8 Å². The van der Waals surface area contributed by atoms with Gasteiger partial charge in [-0.05, 0) is 49.2 Å². The third-order valence-corrected chi connectivity index (χ3v) is 5.75. The van der Waals surface area contributed by atoms with Gasteiger partial charge in [0.1, 0.15) is 0 Å². The summed E-state index contributed by atoms with van der Waals surface area (Å²) in [6, 6.07) is 13.0. The first-order chi connectivity index (χ1) is 12.7. The van der Waals surface area contributed by atoms with Gasteiger partial charge in [0.2, 0.25) is 0 Å². The first-order valence-corrected chi connectivity index (χ1v) is 10.4. The number of piperidine rings is 1. The summed E-state index contributed by atoms with van der Waals surface area (Å²) in [6.45, 7) is 7.38. The Balaban J connectivity index is 1.42. The van der Waals surface area contributed by atoms with E-state index in [4.69, 9.17) is 0 Å². The molecule has 140 valence electrons. The Kier molecular flexibility index (Phi) is 7.09. The second-order valence-electron chi connectivity index (χ2n) is 7.12. The monoisotopic (exact) mass is 370 g/mol. The molecular weight excluding hydrogens is 340 g/mol. The number of likely N-dealkylation sites (tertiary alicyclic amines) is 1. The van der Waals surface area contributed by atoms with E-state index >= 15 is 0 Å². The van der Waals surface area contributed by atoms with Gasteiger partial charge in [-0.25, -0.2) is 0 Å². The fourth-order valence-corrected chi connectivity index (χ4v) is 4.30. The Hall–Kier alpha value is -1.85. The third-order valence-electron chi connectivity index (χ3n) is 4.89. The summed E-state index contributed by atoms with van der Waals surface area (Å²) < 4.78 is 0. The molecule has 1 aliphatic heterocycles. The molecule has 2 N–H and O–H groups in total. The van der Waals surface area contributed by atoms with Crippen molar-refractivity contribution >= 4 is 17.3 Å². The molecule has 2 aromatic rings. The van der Waals surface area contributed by atoms with Crippen molar-refractivity contribution in [3.8, 4) is 0 Å². The average Bonchev–Trinajstić information content (AvgIpc) is 3.15. The number of guanidine groups is 1. The van der Waals surface area contributed by atoms with Crippen LogP contribution in [0.1, 0.15) is 28.8 Å². The normalized spacial score (nSPS) is 18.7. The molecule has 1 fully saturated rings. The van der Waals surface area contributed by atoms with Gasteiger partial charge < -0.3 is 10.6 Å². The maximum Gasteiger partial charge on any atom is 0.191 e. The number of thiophene rings is 1. The molecule has 2 heterocycles. The predicted octanol–water partition coefficient (Wildman–Crippen LogP) is 3.63. The van der Waals surface area contributed by atoms with Crippen LogP contribution in [-0.2, 0) is 13.1 Å². The lowest BCUT2D eigenvalue weighted by molar-refractivity contribution is 0.169. The highest BCUT2D eigenvalue weighted by Crippen LogP contribution is 2.19. The molecule has 5 heteroatoms. The molecule has 1 unspecified atom stereocenters. The Morgan fingerprint density at radius 3 is 2.96 bits per heavy atom. The summed E-state index contributed by atoms with van der Waals surface area (Å²) in [4.78, 5) is 8.43. The van der Waals surface area contributed by atoms with E-state index in [2.05, 4.69) is 69.2 Å². The molecule has 0 spiro atoms. The first-order valence-electron chi connectivity index (χ1n) is 9.47. The zero-order valence-electron chi connectivity index (χ0n) is 15.9. The molecule has 1 atom stereocenters. The van der Waals surface area contributed by atoms with Crippen molar-refractivity contribution < 1.29 is 0 Å². The highest BCUT2D eigenvalue weighted by molar-refractivity contribution is 7.09. The molecule has 1 aliphatic rings. The van der Waals surface area contributed by atoms with Crippen LogP contribution in [0, 0.1) is 12.8 Å². The molecule has 0 amide bonds. The molecule has 0 bridgehead atoms. The number of nitrogens with one attached hydrogen (secondary N) is 2. The van der Waals surface area contributed by atoms with Crippen molar-refractivity contribution in [1.82, 2.24) is 15.5 Å². The maximum absolute atomic E-state index is 4.37. The fourth-order valence-electron chi connectivity index (χ4n) is 3.55. The number of benzene rings is 1. The summed E-state index contributed by atoms with van der Waals surface area (Å²) in [5.74, 6) is 1.57. The topological polar surface area (TPSA) is 39.7 Å². The van der Waals surface area contributed by atoms with E-state index < -0.39 is 0 Å². The van der Waals surface area contributed by atoms with Gasteiger partial charge in [0.25, 0.3) is 0 Å². The van der Waals surface area contributed by atoms with Crippen molar-refractivity contribution in [1.29, 1.82) is 0 Å². The van der Waals surface area contributed by atoms with Crippen LogP contribution >= 0.6 is 11.3 Å². The van der Waals surface area contributed by atoms with Crippen molar-refractivity contribution in [2.24, 2.45) is 10.9 Å². The maximum atomic E-state index is 4.37. The van der Waals surface area contributed by atoms with Gasteiger partial charge in [-0.2, -0.15) is 0 Å². The molecule has 0 radical (unpaired) electrons. The molecule has 1 aromatic heterocycles. The molecule has 1 aromatic carbocycles. The Morgan fingerprint density at radius 2 is 2.19 bits per heavy atom. The third kappa shape index (κ3) is 5.85. The van der Waals surface area contributed by atoms with E-state index in [9.17, 15) is 0 Å². The minimum atomic E-state index is 0.682.